The maximum atomic E-state index is 14.1. The van der Waals surface area contributed by atoms with Gasteiger partial charge < -0.3 is 4.90 Å². The summed E-state index contributed by atoms with van der Waals surface area (Å²) in [6.07, 6.45) is 0. The van der Waals surface area contributed by atoms with E-state index >= 15 is 0 Å². The summed E-state index contributed by atoms with van der Waals surface area (Å²) in [5, 5.41) is 0.844. The Kier molecular flexibility index (Phi) is 4.54. The van der Waals surface area contributed by atoms with E-state index in [1.165, 1.54) is 12.1 Å². The van der Waals surface area contributed by atoms with Gasteiger partial charge in [0.15, 0.2) is 0 Å². The minimum atomic E-state index is -0.463. The van der Waals surface area contributed by atoms with Crippen molar-refractivity contribution in [2.24, 2.45) is 0 Å². The molecule has 2 unspecified atom stereocenters. The SMILES string of the molecule is CC1SCCN(c2c(F)cc(CBr)cc2F)C1C. The summed E-state index contributed by atoms with van der Waals surface area (Å²) in [6, 6.07) is 2.96. The third-order valence-corrected chi connectivity index (χ3v) is 5.39. The number of halogens is 3. The highest BCUT2D eigenvalue weighted by Crippen LogP contribution is 2.33. The van der Waals surface area contributed by atoms with Gasteiger partial charge in [0.1, 0.15) is 17.3 Å². The van der Waals surface area contributed by atoms with E-state index < -0.39 is 11.6 Å². The van der Waals surface area contributed by atoms with Crippen LogP contribution >= 0.6 is 27.7 Å². The van der Waals surface area contributed by atoms with E-state index in [1.807, 2.05) is 23.6 Å². The van der Waals surface area contributed by atoms with Crippen molar-refractivity contribution in [3.05, 3.63) is 29.3 Å². The molecule has 2 rings (SSSR count). The minimum absolute atomic E-state index is 0.124. The molecule has 5 heteroatoms. The molecule has 0 N–H and O–H groups in total. The fourth-order valence-corrected chi connectivity index (χ4v) is 3.64. The van der Waals surface area contributed by atoms with Gasteiger partial charge >= 0.3 is 0 Å². The summed E-state index contributed by atoms with van der Waals surface area (Å²) in [4.78, 5) is 1.85. The smallest absolute Gasteiger partial charge is 0.149 e. The predicted octanol–water partition coefficient (Wildman–Crippen LogP) is 4.19. The molecule has 1 aromatic rings. The number of thioether (sulfide) groups is 1. The molecule has 1 fully saturated rings. The van der Waals surface area contributed by atoms with Crippen LogP contribution in [0.15, 0.2) is 12.1 Å². The first-order valence-electron chi connectivity index (χ1n) is 5.96. The van der Waals surface area contributed by atoms with Crippen LogP contribution in [-0.2, 0) is 5.33 Å². The van der Waals surface area contributed by atoms with Crippen LogP contribution in [0.2, 0.25) is 0 Å². The molecular formula is C13H16BrF2NS. The number of rotatable bonds is 2. The molecule has 1 aromatic carbocycles. The van der Waals surface area contributed by atoms with Crippen molar-refractivity contribution in [1.29, 1.82) is 0 Å². The van der Waals surface area contributed by atoms with Crippen LogP contribution in [0.25, 0.3) is 0 Å². The molecule has 1 aliphatic rings. The van der Waals surface area contributed by atoms with Crippen LogP contribution in [0, 0.1) is 11.6 Å². The van der Waals surface area contributed by atoms with Crippen LogP contribution in [0.5, 0.6) is 0 Å². The molecule has 1 heterocycles. The summed E-state index contributed by atoms with van der Waals surface area (Å²) in [5.74, 6) is -0.0179. The van der Waals surface area contributed by atoms with Gasteiger partial charge in [0.25, 0.3) is 0 Å². The normalized spacial score (nSPS) is 24.4. The van der Waals surface area contributed by atoms with Crippen molar-refractivity contribution >= 4 is 33.4 Å². The van der Waals surface area contributed by atoms with Crippen molar-refractivity contribution in [2.45, 2.75) is 30.5 Å². The van der Waals surface area contributed by atoms with Gasteiger partial charge in [-0.05, 0) is 24.6 Å². The molecule has 0 aromatic heterocycles. The molecule has 0 aliphatic carbocycles. The maximum Gasteiger partial charge on any atom is 0.149 e. The largest absolute Gasteiger partial charge is 0.362 e. The minimum Gasteiger partial charge on any atom is -0.362 e. The molecule has 0 amide bonds. The molecule has 1 saturated heterocycles. The summed E-state index contributed by atoms with van der Waals surface area (Å²) >= 11 is 5.07. The van der Waals surface area contributed by atoms with Gasteiger partial charge in [-0.1, -0.05) is 22.9 Å². The Balaban J connectivity index is 2.38. The Morgan fingerprint density at radius 2 is 1.94 bits per heavy atom. The zero-order valence-corrected chi connectivity index (χ0v) is 12.8. The Morgan fingerprint density at radius 1 is 1.33 bits per heavy atom. The summed E-state index contributed by atoms with van der Waals surface area (Å²) in [7, 11) is 0. The quantitative estimate of drug-likeness (QED) is 0.745. The Morgan fingerprint density at radius 3 is 2.50 bits per heavy atom. The third-order valence-electron chi connectivity index (χ3n) is 3.40. The Bertz CT molecular complexity index is 418. The Labute approximate surface area is 119 Å². The van der Waals surface area contributed by atoms with Gasteiger partial charge in [-0.25, -0.2) is 8.78 Å². The summed E-state index contributed by atoms with van der Waals surface area (Å²) in [6.45, 7) is 4.82. The van der Waals surface area contributed by atoms with E-state index in [0.29, 0.717) is 22.7 Å². The van der Waals surface area contributed by atoms with Gasteiger partial charge in [-0.2, -0.15) is 11.8 Å². The number of hydrogen-bond donors (Lipinski definition) is 0. The highest BCUT2D eigenvalue weighted by Gasteiger charge is 2.29. The van der Waals surface area contributed by atoms with Crippen molar-refractivity contribution in [2.75, 3.05) is 17.2 Å². The summed E-state index contributed by atoms with van der Waals surface area (Å²) < 4.78 is 28.1. The lowest BCUT2D eigenvalue weighted by atomic mass is 10.1. The number of nitrogens with zero attached hydrogens (tertiary/aromatic N) is 1. The first kappa shape index (κ1) is 14.1. The van der Waals surface area contributed by atoms with Crippen LogP contribution in [0.1, 0.15) is 19.4 Å². The van der Waals surface area contributed by atoms with Crippen molar-refractivity contribution in [3.8, 4) is 0 Å². The lowest BCUT2D eigenvalue weighted by Gasteiger charge is -2.39. The Hall–Kier alpha value is -0.290. The van der Waals surface area contributed by atoms with E-state index in [4.69, 9.17) is 0 Å². The molecule has 2 atom stereocenters. The van der Waals surface area contributed by atoms with Crippen LogP contribution in [0.3, 0.4) is 0 Å². The lowest BCUT2D eigenvalue weighted by molar-refractivity contribution is 0.542. The van der Waals surface area contributed by atoms with E-state index in [-0.39, 0.29) is 11.7 Å². The maximum absolute atomic E-state index is 14.1. The van der Waals surface area contributed by atoms with E-state index in [0.717, 1.165) is 5.75 Å². The standard InChI is InChI=1S/C13H16BrF2NS/c1-8-9(2)18-4-3-17(8)13-11(15)5-10(7-14)6-12(13)16/h5-6,8-9H,3-4,7H2,1-2H3. The molecule has 0 saturated carbocycles. The highest BCUT2D eigenvalue weighted by atomic mass is 79.9. The average molecular weight is 336 g/mol. The van der Waals surface area contributed by atoms with Gasteiger partial charge in [0.05, 0.1) is 0 Å². The zero-order chi connectivity index (χ0) is 13.3. The molecular weight excluding hydrogens is 320 g/mol. The fraction of sp³-hybridized carbons (Fsp3) is 0.538. The van der Waals surface area contributed by atoms with Crippen LogP contribution < -0.4 is 4.90 Å². The van der Waals surface area contributed by atoms with Crippen molar-refractivity contribution in [3.63, 3.8) is 0 Å². The van der Waals surface area contributed by atoms with Crippen LogP contribution in [0.4, 0.5) is 14.5 Å². The average Bonchev–Trinajstić information content (AvgIpc) is 2.33. The van der Waals surface area contributed by atoms with Gasteiger partial charge in [0.2, 0.25) is 0 Å². The van der Waals surface area contributed by atoms with Crippen LogP contribution in [-0.4, -0.2) is 23.6 Å². The molecule has 0 bridgehead atoms. The van der Waals surface area contributed by atoms with Gasteiger partial charge in [-0.3, -0.25) is 0 Å². The number of alkyl halides is 1. The summed E-state index contributed by atoms with van der Waals surface area (Å²) in [5.41, 5.74) is 0.750. The topological polar surface area (TPSA) is 3.24 Å². The number of hydrogen-bond acceptors (Lipinski definition) is 2. The zero-order valence-electron chi connectivity index (χ0n) is 10.4. The first-order valence-corrected chi connectivity index (χ1v) is 8.13. The fourth-order valence-electron chi connectivity index (χ4n) is 2.22. The van der Waals surface area contributed by atoms with Gasteiger partial charge in [-0.15, -0.1) is 0 Å². The van der Waals surface area contributed by atoms with Gasteiger partial charge in [0, 0.05) is 28.9 Å². The third kappa shape index (κ3) is 2.67. The molecule has 0 radical (unpaired) electrons. The molecule has 100 valence electrons. The number of benzene rings is 1. The molecule has 1 nitrogen and oxygen atoms in total. The number of anilines is 1. The highest BCUT2D eigenvalue weighted by molar-refractivity contribution is 9.08. The molecule has 1 aliphatic heterocycles. The molecule has 18 heavy (non-hydrogen) atoms. The molecule has 0 spiro atoms. The van der Waals surface area contributed by atoms with E-state index in [9.17, 15) is 8.78 Å². The predicted molar refractivity (Wildman–Crippen MR) is 77.7 cm³/mol. The second-order valence-electron chi connectivity index (χ2n) is 4.55. The van der Waals surface area contributed by atoms with E-state index in [2.05, 4.69) is 22.9 Å². The monoisotopic (exact) mass is 335 g/mol. The second-order valence-corrected chi connectivity index (χ2v) is 6.60. The van der Waals surface area contributed by atoms with Crippen molar-refractivity contribution in [1.82, 2.24) is 0 Å². The van der Waals surface area contributed by atoms with E-state index in [1.54, 1.807) is 0 Å². The van der Waals surface area contributed by atoms with Crippen molar-refractivity contribution < 1.29 is 8.78 Å². The first-order chi connectivity index (χ1) is 8.54. The second kappa shape index (κ2) is 5.78. The lowest BCUT2D eigenvalue weighted by Crippen LogP contribution is -2.45.